The predicted molar refractivity (Wildman–Crippen MR) is 141 cm³/mol. The number of hydrogen-bond donors (Lipinski definition) is 1. The highest BCUT2D eigenvalue weighted by atomic mass is 79.9. The van der Waals surface area contributed by atoms with Crippen LogP contribution in [0.4, 0.5) is 18.9 Å². The van der Waals surface area contributed by atoms with Gasteiger partial charge in [0.25, 0.3) is 0 Å². The molecule has 7 nitrogen and oxygen atoms in total. The van der Waals surface area contributed by atoms with E-state index in [4.69, 9.17) is 11.6 Å². The molecule has 37 heavy (non-hydrogen) atoms. The average molecular weight is 627 g/mol. The molecule has 0 bridgehead atoms. The van der Waals surface area contributed by atoms with Crippen molar-refractivity contribution in [1.29, 1.82) is 0 Å². The van der Waals surface area contributed by atoms with Gasteiger partial charge in [-0.3, -0.25) is 13.9 Å². The molecule has 0 heterocycles. The smallest absolute Gasteiger partial charge is 0.354 e. The van der Waals surface area contributed by atoms with E-state index in [2.05, 4.69) is 21.2 Å². The van der Waals surface area contributed by atoms with Gasteiger partial charge in [0.15, 0.2) is 0 Å². The van der Waals surface area contributed by atoms with Crippen molar-refractivity contribution in [3.63, 3.8) is 0 Å². The summed E-state index contributed by atoms with van der Waals surface area (Å²) in [4.78, 5) is 27.5. The molecule has 0 radical (unpaired) electrons. The first kappa shape index (κ1) is 30.9. The third-order valence-electron chi connectivity index (χ3n) is 5.32. The maximum absolute atomic E-state index is 13.5. The van der Waals surface area contributed by atoms with Crippen LogP contribution in [0.15, 0.2) is 46.9 Å². The number of sulfonamides is 1. The topological polar surface area (TPSA) is 86.8 Å². The number of nitrogens with one attached hydrogen (secondary N) is 1. The van der Waals surface area contributed by atoms with E-state index in [1.807, 2.05) is 13.8 Å². The first-order valence-electron chi connectivity index (χ1n) is 11.2. The molecule has 2 rings (SSSR count). The van der Waals surface area contributed by atoms with Gasteiger partial charge in [-0.05, 0) is 48.7 Å². The Balaban J connectivity index is 2.46. The number of amides is 2. The Morgan fingerprint density at radius 3 is 2.30 bits per heavy atom. The zero-order chi connectivity index (χ0) is 28.1. The molecule has 0 aliphatic heterocycles. The van der Waals surface area contributed by atoms with E-state index in [0.717, 1.165) is 22.9 Å². The highest BCUT2D eigenvalue weighted by molar-refractivity contribution is 9.10. The Hall–Kier alpha value is -2.31. The minimum absolute atomic E-state index is 0.0411. The summed E-state index contributed by atoms with van der Waals surface area (Å²) in [6, 6.07) is 8.57. The van der Waals surface area contributed by atoms with E-state index >= 15 is 0 Å². The molecule has 1 atom stereocenters. The molecule has 204 valence electrons. The van der Waals surface area contributed by atoms with Gasteiger partial charge in [-0.2, -0.15) is 13.2 Å². The number of benzene rings is 2. The fourth-order valence-corrected chi connectivity index (χ4v) is 4.88. The predicted octanol–water partition coefficient (Wildman–Crippen LogP) is 5.08. The minimum Gasteiger partial charge on any atom is -0.354 e. The lowest BCUT2D eigenvalue weighted by atomic mass is 10.1. The van der Waals surface area contributed by atoms with Gasteiger partial charge >= 0.3 is 6.18 Å². The zero-order valence-electron chi connectivity index (χ0n) is 20.6. The van der Waals surface area contributed by atoms with Gasteiger partial charge in [-0.25, -0.2) is 8.42 Å². The molecule has 2 aromatic carbocycles. The number of nitrogens with zero attached hydrogens (tertiary/aromatic N) is 2. The molecule has 0 aliphatic carbocycles. The highest BCUT2D eigenvalue weighted by Gasteiger charge is 2.35. The second-order valence-corrected chi connectivity index (χ2v) is 12.1. The number of halogens is 5. The Kier molecular flexibility index (Phi) is 10.4. The summed E-state index contributed by atoms with van der Waals surface area (Å²) in [6.45, 7) is 4.80. The lowest BCUT2D eigenvalue weighted by molar-refractivity contribution is -0.139. The number of hydrogen-bond acceptors (Lipinski definition) is 4. The molecule has 0 unspecified atom stereocenters. The SMILES string of the molecule is CC(C)CNC(=O)[C@H](C)N(Cc1cccc(Br)c1)C(=O)CN(c1ccc(Cl)c(C(F)(F)F)c1)S(C)(=O)=O. The van der Waals surface area contributed by atoms with Crippen molar-refractivity contribution in [2.24, 2.45) is 5.92 Å². The number of alkyl halides is 3. The van der Waals surface area contributed by atoms with Crippen LogP contribution in [0.3, 0.4) is 0 Å². The second-order valence-electron chi connectivity index (χ2n) is 8.90. The third-order valence-corrected chi connectivity index (χ3v) is 7.28. The fourth-order valence-electron chi connectivity index (χ4n) is 3.37. The summed E-state index contributed by atoms with van der Waals surface area (Å²) < 4.78 is 66.7. The Labute approximate surface area is 228 Å². The molecular formula is C24H28BrClF3N3O4S. The monoisotopic (exact) mass is 625 g/mol. The quantitative estimate of drug-likeness (QED) is 0.399. The molecule has 13 heteroatoms. The van der Waals surface area contributed by atoms with E-state index in [1.165, 1.54) is 11.8 Å². The first-order chi connectivity index (χ1) is 17.0. The summed E-state index contributed by atoms with van der Waals surface area (Å²) >= 11 is 9.02. The summed E-state index contributed by atoms with van der Waals surface area (Å²) in [6.07, 6.45) is -4.06. The van der Waals surface area contributed by atoms with Crippen LogP contribution in [0.5, 0.6) is 0 Å². The summed E-state index contributed by atoms with van der Waals surface area (Å²) in [5.41, 5.74) is -0.963. The van der Waals surface area contributed by atoms with Crippen molar-refractivity contribution in [2.45, 2.75) is 39.5 Å². The standard InChI is InChI=1S/C24H28BrClF3N3O4S/c1-15(2)12-30-23(34)16(3)31(13-17-6-5-7-18(25)10-17)22(33)14-32(37(4,35)36)19-8-9-21(26)20(11-19)24(27,28)29/h5-11,15-16H,12-14H2,1-4H3,(H,30,34)/t16-/m0/s1. The van der Waals surface area contributed by atoms with Crippen LogP contribution in [0, 0.1) is 5.92 Å². The van der Waals surface area contributed by atoms with Crippen LogP contribution in [-0.4, -0.2) is 50.5 Å². The molecular weight excluding hydrogens is 599 g/mol. The summed E-state index contributed by atoms with van der Waals surface area (Å²) in [7, 11) is -4.20. The maximum Gasteiger partial charge on any atom is 0.417 e. The molecule has 0 saturated carbocycles. The van der Waals surface area contributed by atoms with E-state index < -0.39 is 51.2 Å². The van der Waals surface area contributed by atoms with E-state index in [1.54, 1.807) is 24.3 Å². The van der Waals surface area contributed by atoms with Gasteiger partial charge in [0.05, 0.1) is 22.5 Å². The van der Waals surface area contributed by atoms with Gasteiger partial charge in [-0.15, -0.1) is 0 Å². The second kappa shape index (κ2) is 12.5. The van der Waals surface area contributed by atoms with Gasteiger partial charge in [0, 0.05) is 17.6 Å². The normalized spacial score (nSPS) is 12.8. The Morgan fingerprint density at radius 1 is 1.11 bits per heavy atom. The molecule has 0 spiro atoms. The first-order valence-corrected chi connectivity index (χ1v) is 14.2. The van der Waals surface area contributed by atoms with Crippen molar-refractivity contribution >= 4 is 55.1 Å². The third kappa shape index (κ3) is 8.89. The lowest BCUT2D eigenvalue weighted by Gasteiger charge is -2.32. The Bertz CT molecular complexity index is 1240. The van der Waals surface area contributed by atoms with E-state index in [-0.39, 0.29) is 18.2 Å². The van der Waals surface area contributed by atoms with E-state index in [9.17, 15) is 31.2 Å². The van der Waals surface area contributed by atoms with Crippen molar-refractivity contribution in [3.8, 4) is 0 Å². The van der Waals surface area contributed by atoms with Crippen molar-refractivity contribution in [2.75, 3.05) is 23.7 Å². The van der Waals surface area contributed by atoms with Crippen LogP contribution < -0.4 is 9.62 Å². The van der Waals surface area contributed by atoms with Crippen LogP contribution in [-0.2, 0) is 32.3 Å². The van der Waals surface area contributed by atoms with E-state index in [0.29, 0.717) is 22.5 Å². The minimum atomic E-state index is -4.84. The van der Waals surface area contributed by atoms with Gasteiger partial charge < -0.3 is 10.2 Å². The zero-order valence-corrected chi connectivity index (χ0v) is 23.8. The molecule has 2 aromatic rings. The number of carbonyl (C=O) groups excluding carboxylic acids is 2. The van der Waals surface area contributed by atoms with Gasteiger partial charge in [0.2, 0.25) is 21.8 Å². The van der Waals surface area contributed by atoms with Crippen LogP contribution in [0.1, 0.15) is 31.9 Å². The summed E-state index contributed by atoms with van der Waals surface area (Å²) in [5.74, 6) is -1.08. The Morgan fingerprint density at radius 2 is 1.76 bits per heavy atom. The molecule has 2 amide bonds. The number of anilines is 1. The maximum atomic E-state index is 13.5. The molecule has 1 N–H and O–H groups in total. The highest BCUT2D eigenvalue weighted by Crippen LogP contribution is 2.37. The molecule has 0 aromatic heterocycles. The fraction of sp³-hybridized carbons (Fsp3) is 0.417. The largest absolute Gasteiger partial charge is 0.417 e. The van der Waals surface area contributed by atoms with Crippen LogP contribution >= 0.6 is 27.5 Å². The van der Waals surface area contributed by atoms with Crippen LogP contribution in [0.25, 0.3) is 0 Å². The summed E-state index contributed by atoms with van der Waals surface area (Å²) in [5, 5.41) is 2.14. The average Bonchev–Trinajstić information content (AvgIpc) is 2.77. The van der Waals surface area contributed by atoms with Gasteiger partial charge in [-0.1, -0.05) is 53.5 Å². The molecule has 0 aliphatic rings. The molecule has 0 fully saturated rings. The number of carbonyl (C=O) groups is 2. The van der Waals surface area contributed by atoms with Crippen molar-refractivity contribution in [1.82, 2.24) is 10.2 Å². The molecule has 0 saturated heterocycles. The van der Waals surface area contributed by atoms with Gasteiger partial charge in [0.1, 0.15) is 12.6 Å². The van der Waals surface area contributed by atoms with Crippen LogP contribution in [0.2, 0.25) is 5.02 Å². The lowest BCUT2D eigenvalue weighted by Crippen LogP contribution is -2.51. The van der Waals surface area contributed by atoms with Crippen molar-refractivity contribution < 1.29 is 31.2 Å². The van der Waals surface area contributed by atoms with Crippen molar-refractivity contribution in [3.05, 3.63) is 63.1 Å². The number of rotatable bonds is 10.